The summed E-state index contributed by atoms with van der Waals surface area (Å²) >= 11 is 0. The van der Waals surface area contributed by atoms with Gasteiger partial charge in [-0.05, 0) is 37.8 Å². The second-order valence-electron chi connectivity index (χ2n) is 5.59. The zero-order valence-corrected chi connectivity index (χ0v) is 12.4. The Kier molecular flexibility index (Phi) is 5.41. The molecule has 0 bridgehead atoms. The molecule has 1 heterocycles. The van der Waals surface area contributed by atoms with Crippen LogP contribution in [0.4, 0.5) is 5.69 Å². The highest BCUT2D eigenvalue weighted by molar-refractivity contribution is 5.92. The van der Waals surface area contributed by atoms with Crippen molar-refractivity contribution in [3.8, 4) is 5.75 Å². The maximum Gasteiger partial charge on any atom is 0.279 e. The van der Waals surface area contributed by atoms with E-state index >= 15 is 0 Å². The average molecular weight is 277 g/mol. The predicted octanol–water partition coefficient (Wildman–Crippen LogP) is 1.34. The van der Waals surface area contributed by atoms with E-state index < -0.39 is 0 Å². The van der Waals surface area contributed by atoms with E-state index in [-0.39, 0.29) is 5.91 Å². The maximum absolute atomic E-state index is 12.1. The highest BCUT2D eigenvalue weighted by Crippen LogP contribution is 2.23. The number of benzene rings is 1. The van der Waals surface area contributed by atoms with E-state index in [1.165, 1.54) is 17.7 Å². The van der Waals surface area contributed by atoms with Crippen LogP contribution in [-0.4, -0.2) is 32.1 Å². The molecule has 1 saturated heterocycles. The van der Waals surface area contributed by atoms with Gasteiger partial charge in [0.25, 0.3) is 5.91 Å². The molecule has 0 unspecified atom stereocenters. The van der Waals surface area contributed by atoms with Crippen LogP contribution in [0.1, 0.15) is 26.7 Å². The number of carbonyl (C=O) groups is 1. The van der Waals surface area contributed by atoms with E-state index in [9.17, 15) is 4.79 Å². The van der Waals surface area contributed by atoms with E-state index in [4.69, 9.17) is 4.74 Å². The van der Waals surface area contributed by atoms with Crippen molar-refractivity contribution in [3.05, 3.63) is 24.3 Å². The first kappa shape index (κ1) is 14.9. The molecule has 20 heavy (non-hydrogen) atoms. The number of piperidine rings is 1. The Balaban J connectivity index is 1.88. The Bertz CT molecular complexity index is 440. The van der Waals surface area contributed by atoms with Gasteiger partial charge in [-0.15, -0.1) is 0 Å². The highest BCUT2D eigenvalue weighted by Gasteiger charge is 2.21. The van der Waals surface area contributed by atoms with Gasteiger partial charge in [-0.3, -0.25) is 4.79 Å². The van der Waals surface area contributed by atoms with Gasteiger partial charge in [-0.25, -0.2) is 0 Å². The summed E-state index contributed by atoms with van der Waals surface area (Å²) in [7, 11) is 0. The third-order valence-electron chi connectivity index (χ3n) is 3.85. The van der Waals surface area contributed by atoms with Crippen LogP contribution in [0.25, 0.3) is 0 Å². The molecule has 1 aliphatic heterocycles. The molecule has 4 nitrogen and oxygen atoms in total. The lowest BCUT2D eigenvalue weighted by molar-refractivity contribution is -0.897. The van der Waals surface area contributed by atoms with Gasteiger partial charge in [0.1, 0.15) is 5.75 Å². The highest BCUT2D eigenvalue weighted by atomic mass is 16.5. The van der Waals surface area contributed by atoms with Crippen LogP contribution in [0, 0.1) is 5.92 Å². The summed E-state index contributed by atoms with van der Waals surface area (Å²) < 4.78 is 5.52. The molecule has 4 heteroatoms. The normalized spacial score (nSPS) is 22.3. The van der Waals surface area contributed by atoms with Crippen LogP contribution in [0.5, 0.6) is 5.75 Å². The number of hydrogen-bond acceptors (Lipinski definition) is 2. The van der Waals surface area contributed by atoms with Gasteiger partial charge in [0, 0.05) is 0 Å². The first-order chi connectivity index (χ1) is 9.69. The molecule has 0 atom stereocenters. The van der Waals surface area contributed by atoms with E-state index in [0.29, 0.717) is 13.2 Å². The molecule has 0 aromatic heterocycles. The van der Waals surface area contributed by atoms with Crippen molar-refractivity contribution < 1.29 is 14.4 Å². The second kappa shape index (κ2) is 7.29. The number of quaternary nitrogens is 1. The quantitative estimate of drug-likeness (QED) is 0.853. The zero-order chi connectivity index (χ0) is 14.4. The van der Waals surface area contributed by atoms with Gasteiger partial charge < -0.3 is 15.0 Å². The van der Waals surface area contributed by atoms with Crippen LogP contribution < -0.4 is 15.0 Å². The molecule has 1 amide bonds. The number of rotatable bonds is 5. The summed E-state index contributed by atoms with van der Waals surface area (Å²) in [6.07, 6.45) is 2.44. The van der Waals surface area contributed by atoms with Gasteiger partial charge >= 0.3 is 0 Å². The SMILES string of the molecule is CCOc1ccccc1NC(=O)C[NH+]1CCC(C)CC1. The molecule has 1 fully saturated rings. The molecule has 0 saturated carbocycles. The predicted molar refractivity (Wildman–Crippen MR) is 80.2 cm³/mol. The summed E-state index contributed by atoms with van der Waals surface area (Å²) in [5, 5.41) is 2.97. The monoisotopic (exact) mass is 277 g/mol. The molecule has 0 aliphatic carbocycles. The zero-order valence-electron chi connectivity index (χ0n) is 12.4. The molecule has 0 radical (unpaired) electrons. The van der Waals surface area contributed by atoms with Gasteiger partial charge in [-0.2, -0.15) is 0 Å². The van der Waals surface area contributed by atoms with Gasteiger partial charge in [0.05, 0.1) is 25.4 Å². The topological polar surface area (TPSA) is 42.8 Å². The third kappa shape index (κ3) is 4.23. The van der Waals surface area contributed by atoms with E-state index in [1.54, 1.807) is 0 Å². The second-order valence-corrected chi connectivity index (χ2v) is 5.59. The molecular formula is C16H25N2O2+. The Morgan fingerprint density at radius 2 is 2.05 bits per heavy atom. The molecular weight excluding hydrogens is 252 g/mol. The lowest BCUT2D eigenvalue weighted by atomic mass is 9.99. The lowest BCUT2D eigenvalue weighted by Crippen LogP contribution is -3.14. The molecule has 110 valence electrons. The van der Waals surface area contributed by atoms with Crippen LogP contribution in [0.3, 0.4) is 0 Å². The molecule has 2 N–H and O–H groups in total. The van der Waals surface area contributed by atoms with Crippen molar-refractivity contribution in [2.45, 2.75) is 26.7 Å². The fourth-order valence-corrected chi connectivity index (χ4v) is 2.62. The standard InChI is InChI=1S/C16H24N2O2/c1-3-20-15-7-5-4-6-14(15)17-16(19)12-18-10-8-13(2)9-11-18/h4-7,13H,3,8-12H2,1-2H3,(H,17,19)/p+1. The Morgan fingerprint density at radius 3 is 2.75 bits per heavy atom. The lowest BCUT2D eigenvalue weighted by Gasteiger charge is -2.26. The molecule has 0 spiro atoms. The fourth-order valence-electron chi connectivity index (χ4n) is 2.62. The van der Waals surface area contributed by atoms with Crippen molar-refractivity contribution >= 4 is 11.6 Å². The van der Waals surface area contributed by atoms with Crippen LogP contribution >= 0.6 is 0 Å². The Morgan fingerprint density at radius 1 is 1.35 bits per heavy atom. The van der Waals surface area contributed by atoms with Crippen molar-refractivity contribution in [2.24, 2.45) is 5.92 Å². The number of carbonyl (C=O) groups excluding carboxylic acids is 1. The minimum atomic E-state index is 0.0710. The molecule has 1 aromatic rings. The van der Waals surface area contributed by atoms with Gasteiger partial charge in [-0.1, -0.05) is 19.1 Å². The van der Waals surface area contributed by atoms with Crippen molar-refractivity contribution in [3.63, 3.8) is 0 Å². The number of nitrogens with one attached hydrogen (secondary N) is 2. The number of amides is 1. The van der Waals surface area contributed by atoms with Crippen LogP contribution in [0.2, 0.25) is 0 Å². The molecule has 2 rings (SSSR count). The number of ether oxygens (including phenoxy) is 1. The Hall–Kier alpha value is -1.55. The Labute approximate surface area is 121 Å². The first-order valence-electron chi connectivity index (χ1n) is 7.54. The minimum Gasteiger partial charge on any atom is -0.492 e. The number of para-hydroxylation sites is 2. The summed E-state index contributed by atoms with van der Waals surface area (Å²) in [5.74, 6) is 1.62. The first-order valence-corrected chi connectivity index (χ1v) is 7.54. The van der Waals surface area contributed by atoms with E-state index in [2.05, 4.69) is 12.2 Å². The van der Waals surface area contributed by atoms with Crippen molar-refractivity contribution in [2.75, 3.05) is 31.6 Å². The van der Waals surface area contributed by atoms with Gasteiger partial charge in [0.2, 0.25) is 0 Å². The number of anilines is 1. The van der Waals surface area contributed by atoms with Gasteiger partial charge in [0.15, 0.2) is 6.54 Å². The summed E-state index contributed by atoms with van der Waals surface area (Å²) in [5.41, 5.74) is 0.768. The summed E-state index contributed by atoms with van der Waals surface area (Å²) in [6, 6.07) is 7.59. The molecule has 1 aromatic carbocycles. The summed E-state index contributed by atoms with van der Waals surface area (Å²) in [6.45, 7) is 7.57. The fraction of sp³-hybridized carbons (Fsp3) is 0.562. The number of hydrogen-bond donors (Lipinski definition) is 2. The van der Waals surface area contributed by atoms with E-state index in [1.807, 2.05) is 31.2 Å². The maximum atomic E-state index is 12.1. The van der Waals surface area contributed by atoms with E-state index in [0.717, 1.165) is 30.4 Å². The summed E-state index contributed by atoms with van der Waals surface area (Å²) in [4.78, 5) is 13.5. The smallest absolute Gasteiger partial charge is 0.279 e. The number of likely N-dealkylation sites (tertiary alicyclic amines) is 1. The van der Waals surface area contributed by atoms with Crippen LogP contribution in [-0.2, 0) is 4.79 Å². The van der Waals surface area contributed by atoms with Crippen LogP contribution in [0.15, 0.2) is 24.3 Å². The van der Waals surface area contributed by atoms with Crippen molar-refractivity contribution in [1.82, 2.24) is 0 Å². The third-order valence-corrected chi connectivity index (χ3v) is 3.85. The average Bonchev–Trinajstić information content (AvgIpc) is 2.44. The largest absolute Gasteiger partial charge is 0.492 e. The minimum absolute atomic E-state index is 0.0710. The van der Waals surface area contributed by atoms with Crippen molar-refractivity contribution in [1.29, 1.82) is 0 Å². The molecule has 1 aliphatic rings.